The summed E-state index contributed by atoms with van der Waals surface area (Å²) in [5, 5.41) is -5.69. The van der Waals surface area contributed by atoms with E-state index in [-0.39, 0.29) is 39.3 Å². The van der Waals surface area contributed by atoms with Crippen molar-refractivity contribution >= 4 is 121 Å². The molecule has 18 radical (unpaired) electrons. The Morgan fingerprint density at radius 3 is 1.92 bits per heavy atom. The van der Waals surface area contributed by atoms with Gasteiger partial charge >= 0.3 is 0 Å². The normalized spacial score (nSPS) is 32.2. The number of fused-ring (bicyclic) bond motifs is 3. The van der Waals surface area contributed by atoms with E-state index < -0.39 is 33.1 Å². The van der Waals surface area contributed by atoms with Crippen LogP contribution in [-0.2, 0) is 10.3 Å². The standard InChI is InChI=1S/C12H4B10ClNO/c13-3-2-7(6(16)5(15)4(3)14)22(23)12(21)10(19,20)1-9(17,18)8(25)11(2,12)24/h1,24H2. The number of rotatable bonds is 0. The van der Waals surface area contributed by atoms with Gasteiger partial charge in [-0.3, -0.25) is 4.79 Å². The largest absolute Gasteiger partial charge is 0.316 e. The molecule has 1 heterocycles. The molecule has 1 aromatic rings. The average molecular weight is 322 g/mol. The van der Waals surface area contributed by atoms with Crippen LogP contribution in [0, 0.1) is 0 Å². The van der Waals surface area contributed by atoms with Crippen LogP contribution in [0.15, 0.2) is 0 Å². The van der Waals surface area contributed by atoms with Gasteiger partial charge in [0.15, 0.2) is 0 Å². The molecule has 2 unspecified atom stereocenters. The maximum atomic E-state index is 13.1. The second-order valence-corrected chi connectivity index (χ2v) is 7.51. The second kappa shape index (κ2) is 5.19. The molecular formula is C12H4B10ClNO. The molecule has 3 rings (SSSR count). The highest BCUT2D eigenvalue weighted by molar-refractivity contribution is 7.21. The third kappa shape index (κ3) is 1.97. The van der Waals surface area contributed by atoms with Crippen molar-refractivity contribution in [1.29, 1.82) is 0 Å². The van der Waals surface area contributed by atoms with Crippen molar-refractivity contribution in [2.45, 2.75) is 27.6 Å². The number of carbonyl (C=O) groups is 1. The lowest BCUT2D eigenvalue weighted by Gasteiger charge is -2.62. The van der Waals surface area contributed by atoms with Crippen LogP contribution in [0.3, 0.4) is 0 Å². The molecule has 2 N–H and O–H groups in total. The molecule has 2 atom stereocenters. The molecule has 0 bridgehead atoms. The minimum absolute atomic E-state index is 0.00412. The number of hydrogen-bond acceptors (Lipinski definition) is 2. The van der Waals surface area contributed by atoms with Crippen LogP contribution in [0.5, 0.6) is 0 Å². The van der Waals surface area contributed by atoms with Gasteiger partial charge in [0.25, 0.3) is 6.13 Å². The SMILES string of the molecule is [B]c1c([B])c([B])c2c(c1[B])B(Cl)C1([B])C([B])([B])CC([B])([B])C(=O)C21N. The Kier molecular flexibility index (Phi) is 4.06. The summed E-state index contributed by atoms with van der Waals surface area (Å²) in [7, 11) is 54.6. The Bertz CT molecular complexity index is 829. The number of benzene rings is 1. The summed E-state index contributed by atoms with van der Waals surface area (Å²) in [5.74, 6) is -0.825. The van der Waals surface area contributed by atoms with E-state index in [1.807, 2.05) is 0 Å². The molecule has 100 valence electrons. The molecule has 1 aliphatic carbocycles. The van der Waals surface area contributed by atoms with E-state index in [1.54, 1.807) is 0 Å². The molecule has 1 aromatic carbocycles. The molecule has 0 spiro atoms. The van der Waals surface area contributed by atoms with Crippen LogP contribution in [0.4, 0.5) is 0 Å². The first-order chi connectivity index (χ1) is 11.2. The highest BCUT2D eigenvalue weighted by atomic mass is 35.5. The summed E-state index contributed by atoms with van der Waals surface area (Å²) >= 11 is 6.56. The lowest BCUT2D eigenvalue weighted by atomic mass is 9.15. The third-order valence-electron chi connectivity index (χ3n) is 5.54. The Hall–Kier alpha value is -0.211. The van der Waals surface area contributed by atoms with E-state index in [0.29, 0.717) is 0 Å². The monoisotopic (exact) mass is 323 g/mol. The Labute approximate surface area is 165 Å². The summed E-state index contributed by atoms with van der Waals surface area (Å²) in [6.45, 7) is 0. The van der Waals surface area contributed by atoms with Crippen molar-refractivity contribution in [2.24, 2.45) is 5.73 Å². The smallest absolute Gasteiger partial charge is 0.282 e. The van der Waals surface area contributed by atoms with Crippen LogP contribution in [-0.4, -0.2) is 82.5 Å². The number of hydrogen-bond donors (Lipinski definition) is 1. The zero-order chi connectivity index (χ0) is 19.3. The Morgan fingerprint density at radius 2 is 1.40 bits per heavy atom. The second-order valence-electron chi connectivity index (χ2n) is 7.07. The predicted octanol–water partition coefficient (Wildman–Crippen LogP) is -5.79. The van der Waals surface area contributed by atoms with Crippen molar-refractivity contribution in [2.75, 3.05) is 0 Å². The molecule has 1 aliphatic heterocycles. The van der Waals surface area contributed by atoms with Crippen molar-refractivity contribution in [3.63, 3.8) is 0 Å². The van der Waals surface area contributed by atoms with Gasteiger partial charge in [-0.2, -0.15) is 11.5 Å². The van der Waals surface area contributed by atoms with Crippen molar-refractivity contribution in [3.8, 4) is 0 Å². The van der Waals surface area contributed by atoms with Crippen molar-refractivity contribution in [3.05, 3.63) is 5.56 Å². The molecule has 2 nitrogen and oxygen atoms in total. The van der Waals surface area contributed by atoms with E-state index in [4.69, 9.17) is 87.8 Å². The lowest BCUT2D eigenvalue weighted by Crippen LogP contribution is -2.68. The average Bonchev–Trinajstić information content (AvgIpc) is 2.69. The van der Waals surface area contributed by atoms with Crippen LogP contribution >= 0.6 is 11.5 Å². The highest BCUT2D eigenvalue weighted by Gasteiger charge is 2.72. The van der Waals surface area contributed by atoms with Gasteiger partial charge in [-0.25, -0.2) is 0 Å². The molecule has 0 saturated heterocycles. The van der Waals surface area contributed by atoms with E-state index in [0.717, 1.165) is 0 Å². The fourth-order valence-corrected chi connectivity index (χ4v) is 4.76. The number of carbonyl (C=O) groups excluding carboxylic acids is 1. The van der Waals surface area contributed by atoms with Gasteiger partial charge < -0.3 is 5.73 Å². The summed E-state index contributed by atoms with van der Waals surface area (Å²) in [5.41, 5.74) is 4.35. The number of Topliss-reactive ketones (excluding diaryl/α,β-unsaturated/α-hetero) is 1. The van der Waals surface area contributed by atoms with Gasteiger partial charge in [0.05, 0.1) is 44.8 Å². The summed E-state index contributed by atoms with van der Waals surface area (Å²) < 4.78 is 0. The molecule has 1 saturated carbocycles. The Morgan fingerprint density at radius 1 is 0.920 bits per heavy atom. The maximum Gasteiger partial charge on any atom is 0.282 e. The maximum absolute atomic E-state index is 13.1. The molecule has 0 aromatic heterocycles. The minimum Gasteiger partial charge on any atom is -0.316 e. The first kappa shape index (κ1) is 19.5. The quantitative estimate of drug-likeness (QED) is 0.484. The van der Waals surface area contributed by atoms with Gasteiger partial charge in [0.2, 0.25) is 0 Å². The van der Waals surface area contributed by atoms with E-state index in [9.17, 15) is 4.79 Å². The van der Waals surface area contributed by atoms with Crippen LogP contribution in [0.2, 0.25) is 15.6 Å². The van der Waals surface area contributed by atoms with E-state index >= 15 is 0 Å². The highest BCUT2D eigenvalue weighted by Crippen LogP contribution is 2.69. The topological polar surface area (TPSA) is 43.1 Å². The predicted molar refractivity (Wildman–Crippen MR) is 112 cm³/mol. The van der Waals surface area contributed by atoms with Gasteiger partial charge in [-0.05, 0) is 16.0 Å². The fraction of sp³-hybridized carbons (Fsp3) is 0.417. The molecule has 1 fully saturated rings. The first-order valence-electron chi connectivity index (χ1n) is 7.34. The first-order valence-corrected chi connectivity index (χ1v) is 7.78. The number of halogens is 1. The lowest BCUT2D eigenvalue weighted by molar-refractivity contribution is -0.128. The van der Waals surface area contributed by atoms with Crippen LogP contribution in [0.1, 0.15) is 12.0 Å². The molecule has 13 heteroatoms. The zero-order valence-corrected chi connectivity index (χ0v) is 14.1. The summed E-state index contributed by atoms with van der Waals surface area (Å²) in [6, 6.07) is 0. The van der Waals surface area contributed by atoms with Gasteiger partial charge in [0.1, 0.15) is 37.2 Å². The van der Waals surface area contributed by atoms with E-state index in [1.165, 1.54) is 0 Å². The van der Waals surface area contributed by atoms with Crippen molar-refractivity contribution in [1.82, 2.24) is 0 Å². The van der Waals surface area contributed by atoms with Gasteiger partial charge in [-0.1, -0.05) is 17.3 Å². The summed E-state index contributed by atoms with van der Waals surface area (Å²) in [6.07, 6.45) is -1.55. The van der Waals surface area contributed by atoms with E-state index in [2.05, 4.69) is 0 Å². The molecule has 0 amide bonds. The van der Waals surface area contributed by atoms with Crippen molar-refractivity contribution < 1.29 is 4.79 Å². The minimum atomic E-state index is -2.11. The molecule has 2 aliphatic rings. The molecule has 25 heavy (non-hydrogen) atoms. The van der Waals surface area contributed by atoms with Crippen LogP contribution in [0.25, 0.3) is 0 Å². The molecular weight excluding hydrogens is 318 g/mol. The third-order valence-corrected chi connectivity index (χ3v) is 6.10. The number of nitrogens with two attached hydrogens (primary N) is 1. The Balaban J connectivity index is 2.52. The van der Waals surface area contributed by atoms with Crippen LogP contribution < -0.4 is 33.0 Å². The summed E-state index contributed by atoms with van der Waals surface area (Å²) in [4.78, 5) is 13.1. The van der Waals surface area contributed by atoms with Gasteiger partial charge in [0, 0.05) is 0 Å². The zero-order valence-electron chi connectivity index (χ0n) is 13.3. The van der Waals surface area contributed by atoms with Gasteiger partial charge in [-0.15, -0.1) is 21.6 Å². The number of ketones is 1. The fourth-order valence-electron chi connectivity index (χ4n) is 4.15.